The smallest absolute Gasteiger partial charge is 0.251 e. The van der Waals surface area contributed by atoms with Crippen LogP contribution < -0.4 is 10.2 Å². The maximum atomic E-state index is 12.4. The molecular weight excluding hydrogens is 422 g/mol. The summed E-state index contributed by atoms with van der Waals surface area (Å²) in [5, 5.41) is 3.85. The standard InChI is InChI=1S/C24H33N5O2S/c1-2-21-17-22(29-10-3-4-11-29)27-24(26-21)32-18-19-5-7-20(8-6-19)23(30)25-9-12-28-13-15-31-16-14-28/h5-8,17H,2-4,9-16,18H2,1H3,(H,25,30). The molecule has 4 rings (SSSR count). The van der Waals surface area contributed by atoms with E-state index in [-0.39, 0.29) is 5.91 Å². The van der Waals surface area contributed by atoms with E-state index in [0.29, 0.717) is 12.1 Å². The topological polar surface area (TPSA) is 70.6 Å². The third kappa shape index (κ3) is 6.43. The Balaban J connectivity index is 1.28. The van der Waals surface area contributed by atoms with Gasteiger partial charge in [-0.1, -0.05) is 30.8 Å². The average Bonchev–Trinajstić information content (AvgIpc) is 3.39. The Morgan fingerprint density at radius 1 is 1.09 bits per heavy atom. The number of aromatic nitrogens is 2. The molecule has 8 heteroatoms. The number of nitrogens with zero attached hydrogens (tertiary/aromatic N) is 4. The van der Waals surface area contributed by atoms with E-state index in [4.69, 9.17) is 14.7 Å². The first-order valence-corrected chi connectivity index (χ1v) is 12.6. The number of aryl methyl sites for hydroxylation is 1. The van der Waals surface area contributed by atoms with Gasteiger partial charge in [0.2, 0.25) is 0 Å². The van der Waals surface area contributed by atoms with Gasteiger partial charge in [0.05, 0.1) is 13.2 Å². The molecule has 1 aromatic carbocycles. The number of nitrogens with one attached hydrogen (secondary N) is 1. The lowest BCUT2D eigenvalue weighted by Gasteiger charge is -2.26. The summed E-state index contributed by atoms with van der Waals surface area (Å²) in [5.41, 5.74) is 2.95. The molecule has 172 valence electrons. The van der Waals surface area contributed by atoms with Crippen LogP contribution in [-0.2, 0) is 16.9 Å². The Morgan fingerprint density at radius 3 is 2.56 bits per heavy atom. The minimum absolute atomic E-state index is 0.0216. The number of hydrogen-bond acceptors (Lipinski definition) is 7. The predicted molar refractivity (Wildman–Crippen MR) is 128 cm³/mol. The van der Waals surface area contributed by atoms with Crippen molar-refractivity contribution in [3.8, 4) is 0 Å². The molecule has 2 saturated heterocycles. The molecule has 0 saturated carbocycles. The zero-order valence-corrected chi connectivity index (χ0v) is 19.7. The molecule has 0 radical (unpaired) electrons. The molecule has 3 heterocycles. The van der Waals surface area contributed by atoms with Gasteiger partial charge < -0.3 is 15.0 Å². The number of hydrogen-bond donors (Lipinski definition) is 1. The highest BCUT2D eigenvalue weighted by Crippen LogP contribution is 2.25. The van der Waals surface area contributed by atoms with E-state index in [2.05, 4.69) is 28.1 Å². The Kier molecular flexibility index (Phi) is 8.36. The van der Waals surface area contributed by atoms with Crippen molar-refractivity contribution in [2.75, 3.05) is 57.4 Å². The van der Waals surface area contributed by atoms with E-state index in [0.717, 1.165) is 80.3 Å². The molecule has 1 amide bonds. The molecule has 0 bridgehead atoms. The second kappa shape index (κ2) is 11.6. The van der Waals surface area contributed by atoms with Crippen molar-refractivity contribution >= 4 is 23.5 Å². The van der Waals surface area contributed by atoms with Gasteiger partial charge in [0, 0.05) is 62.3 Å². The average molecular weight is 456 g/mol. The number of anilines is 1. The minimum atomic E-state index is -0.0216. The van der Waals surface area contributed by atoms with Crippen LogP contribution in [0.2, 0.25) is 0 Å². The van der Waals surface area contributed by atoms with Crippen LogP contribution in [0.3, 0.4) is 0 Å². The van der Waals surface area contributed by atoms with Crippen molar-refractivity contribution in [2.24, 2.45) is 0 Å². The van der Waals surface area contributed by atoms with Crippen molar-refractivity contribution in [2.45, 2.75) is 37.1 Å². The van der Waals surface area contributed by atoms with Crippen molar-refractivity contribution in [3.05, 3.63) is 47.2 Å². The van der Waals surface area contributed by atoms with Gasteiger partial charge >= 0.3 is 0 Å². The second-order valence-corrected chi connectivity index (χ2v) is 9.19. The molecule has 1 aromatic heterocycles. The number of benzene rings is 1. The number of carbonyl (C=O) groups is 1. The first-order valence-electron chi connectivity index (χ1n) is 11.6. The summed E-state index contributed by atoms with van der Waals surface area (Å²) < 4.78 is 5.36. The quantitative estimate of drug-likeness (QED) is 0.460. The summed E-state index contributed by atoms with van der Waals surface area (Å²) in [4.78, 5) is 26.6. The third-order valence-corrected chi connectivity index (χ3v) is 6.86. The van der Waals surface area contributed by atoms with Crippen molar-refractivity contribution < 1.29 is 9.53 Å². The van der Waals surface area contributed by atoms with Crippen molar-refractivity contribution in [1.29, 1.82) is 0 Å². The first-order chi connectivity index (χ1) is 15.7. The molecule has 7 nitrogen and oxygen atoms in total. The van der Waals surface area contributed by atoms with Gasteiger partial charge in [-0.15, -0.1) is 0 Å². The minimum Gasteiger partial charge on any atom is -0.379 e. The summed E-state index contributed by atoms with van der Waals surface area (Å²) in [5.74, 6) is 1.82. The van der Waals surface area contributed by atoms with E-state index in [1.807, 2.05) is 24.3 Å². The zero-order valence-electron chi connectivity index (χ0n) is 18.9. The summed E-state index contributed by atoms with van der Waals surface area (Å²) in [7, 11) is 0. The normalized spacial score (nSPS) is 17.0. The largest absolute Gasteiger partial charge is 0.379 e. The third-order valence-electron chi connectivity index (χ3n) is 5.94. The molecule has 2 aliphatic heterocycles. The van der Waals surface area contributed by atoms with Crippen LogP contribution in [-0.4, -0.2) is 73.3 Å². The summed E-state index contributed by atoms with van der Waals surface area (Å²) in [6.45, 7) is 9.25. The summed E-state index contributed by atoms with van der Waals surface area (Å²) >= 11 is 1.65. The lowest BCUT2D eigenvalue weighted by atomic mass is 10.1. The van der Waals surface area contributed by atoms with E-state index in [1.165, 1.54) is 12.8 Å². The van der Waals surface area contributed by atoms with Crippen LogP contribution in [0.5, 0.6) is 0 Å². The highest BCUT2D eigenvalue weighted by atomic mass is 32.2. The SMILES string of the molecule is CCc1cc(N2CCCC2)nc(SCc2ccc(C(=O)NCCN3CCOCC3)cc2)n1. The lowest BCUT2D eigenvalue weighted by Crippen LogP contribution is -2.41. The van der Waals surface area contributed by atoms with E-state index in [1.54, 1.807) is 11.8 Å². The second-order valence-electron chi connectivity index (χ2n) is 8.24. The maximum Gasteiger partial charge on any atom is 0.251 e. The molecule has 2 fully saturated rings. The Hall–Kier alpha value is -2.16. The number of thioether (sulfide) groups is 1. The Labute approximate surface area is 194 Å². The maximum absolute atomic E-state index is 12.4. The van der Waals surface area contributed by atoms with Crippen LogP contribution in [0.1, 0.15) is 41.4 Å². The first kappa shape index (κ1) is 23.0. The number of ether oxygens (including phenoxy) is 1. The fraction of sp³-hybridized carbons (Fsp3) is 0.542. The van der Waals surface area contributed by atoms with E-state index < -0.39 is 0 Å². The number of amides is 1. The summed E-state index contributed by atoms with van der Waals surface area (Å²) in [6.07, 6.45) is 3.38. The van der Waals surface area contributed by atoms with Gasteiger partial charge in [0.25, 0.3) is 5.91 Å². The molecule has 2 aromatic rings. The van der Waals surface area contributed by atoms with Gasteiger partial charge in [-0.2, -0.15) is 0 Å². The van der Waals surface area contributed by atoms with Gasteiger partial charge in [-0.25, -0.2) is 9.97 Å². The van der Waals surface area contributed by atoms with Crippen LogP contribution in [0.4, 0.5) is 5.82 Å². The number of morpholine rings is 1. The van der Waals surface area contributed by atoms with E-state index in [9.17, 15) is 4.79 Å². The van der Waals surface area contributed by atoms with Crippen LogP contribution >= 0.6 is 11.8 Å². The van der Waals surface area contributed by atoms with Crippen molar-refractivity contribution in [1.82, 2.24) is 20.2 Å². The molecule has 0 atom stereocenters. The van der Waals surface area contributed by atoms with Gasteiger partial charge in [-0.05, 0) is 37.0 Å². The Morgan fingerprint density at radius 2 is 1.84 bits per heavy atom. The number of rotatable bonds is 9. The van der Waals surface area contributed by atoms with Gasteiger partial charge in [0.15, 0.2) is 5.16 Å². The van der Waals surface area contributed by atoms with Gasteiger partial charge in [-0.3, -0.25) is 9.69 Å². The predicted octanol–water partition coefficient (Wildman–Crippen LogP) is 2.99. The van der Waals surface area contributed by atoms with Crippen molar-refractivity contribution in [3.63, 3.8) is 0 Å². The van der Waals surface area contributed by atoms with Crippen LogP contribution in [0.15, 0.2) is 35.5 Å². The highest BCUT2D eigenvalue weighted by Gasteiger charge is 2.16. The molecule has 32 heavy (non-hydrogen) atoms. The fourth-order valence-electron chi connectivity index (χ4n) is 3.97. The van der Waals surface area contributed by atoms with Crippen LogP contribution in [0, 0.1) is 0 Å². The highest BCUT2D eigenvalue weighted by molar-refractivity contribution is 7.98. The van der Waals surface area contributed by atoms with Gasteiger partial charge in [0.1, 0.15) is 5.82 Å². The van der Waals surface area contributed by atoms with E-state index >= 15 is 0 Å². The lowest BCUT2D eigenvalue weighted by molar-refractivity contribution is 0.0383. The molecule has 0 unspecified atom stereocenters. The molecule has 1 N–H and O–H groups in total. The molecule has 0 spiro atoms. The Bertz CT molecular complexity index is 880. The monoisotopic (exact) mass is 455 g/mol. The van der Waals surface area contributed by atoms with Crippen LogP contribution in [0.25, 0.3) is 0 Å². The zero-order chi connectivity index (χ0) is 22.2. The summed E-state index contributed by atoms with van der Waals surface area (Å²) in [6, 6.07) is 9.98. The number of carbonyl (C=O) groups excluding carboxylic acids is 1. The fourth-order valence-corrected chi connectivity index (χ4v) is 4.80. The molecule has 0 aliphatic carbocycles. The molecule has 2 aliphatic rings. The molecular formula is C24H33N5O2S.